The molecule has 1 amide bonds. The summed E-state index contributed by atoms with van der Waals surface area (Å²) in [4.78, 5) is 36.7. The van der Waals surface area contributed by atoms with Gasteiger partial charge in [0.05, 0.1) is 17.9 Å². The van der Waals surface area contributed by atoms with Gasteiger partial charge in [0.2, 0.25) is 5.76 Å². The second kappa shape index (κ2) is 7.93. The van der Waals surface area contributed by atoms with Crippen molar-refractivity contribution >= 4 is 34.2 Å². The van der Waals surface area contributed by atoms with Crippen LogP contribution in [0.1, 0.15) is 44.0 Å². The summed E-state index contributed by atoms with van der Waals surface area (Å²) in [7, 11) is 0. The summed E-state index contributed by atoms with van der Waals surface area (Å²) in [6.45, 7) is 6.69. The maximum Gasteiger partial charge on any atom is 0.377 e. The smallest absolute Gasteiger partial charge is 0.377 e. The fraction of sp³-hybridized carbons (Fsp3) is 0.375. The average Bonchev–Trinajstić information content (AvgIpc) is 3.09. The lowest BCUT2D eigenvalue weighted by Crippen LogP contribution is -2.21. The second-order valence-corrected chi connectivity index (χ2v) is 6.39. The summed E-state index contributed by atoms with van der Waals surface area (Å²) in [5, 5.41) is 6.51. The number of anilines is 1. The largest absolute Gasteiger partial charge is 0.462 e. The molecule has 0 aliphatic heterocycles. The predicted molar refractivity (Wildman–Crippen MR) is 89.9 cm³/mol. The molecule has 0 saturated heterocycles. The molecule has 1 N–H and O–H groups in total. The maximum atomic E-state index is 12.1. The van der Waals surface area contributed by atoms with Gasteiger partial charge in [-0.25, -0.2) is 9.59 Å². The normalized spacial score (nSPS) is 10.4. The second-order valence-electron chi connectivity index (χ2n) is 5.16. The topological polar surface area (TPSA) is 108 Å². The summed E-state index contributed by atoms with van der Waals surface area (Å²) in [6, 6.07) is 1.41. The molecule has 0 radical (unpaired) electrons. The van der Waals surface area contributed by atoms with Crippen molar-refractivity contribution in [2.45, 2.75) is 27.7 Å². The van der Waals surface area contributed by atoms with Crippen LogP contribution in [0.3, 0.4) is 0 Å². The molecule has 134 valence electrons. The molecule has 25 heavy (non-hydrogen) atoms. The molecule has 2 heterocycles. The highest BCUT2D eigenvalue weighted by Crippen LogP contribution is 2.33. The molecule has 0 aliphatic carbocycles. The van der Waals surface area contributed by atoms with E-state index in [0.29, 0.717) is 16.3 Å². The summed E-state index contributed by atoms with van der Waals surface area (Å²) in [5.41, 5.74) is 1.59. The van der Waals surface area contributed by atoms with Gasteiger partial charge in [-0.05, 0) is 33.3 Å². The van der Waals surface area contributed by atoms with Crippen LogP contribution in [-0.4, -0.2) is 36.2 Å². The first-order chi connectivity index (χ1) is 11.8. The molecular weight excluding hydrogens is 348 g/mol. The van der Waals surface area contributed by atoms with Crippen LogP contribution in [-0.2, 0) is 14.3 Å². The van der Waals surface area contributed by atoms with Gasteiger partial charge in [-0.3, -0.25) is 4.79 Å². The number of hydrogen-bond acceptors (Lipinski definition) is 8. The molecule has 2 rings (SSSR count). The molecule has 0 spiro atoms. The minimum atomic E-state index is -0.792. The van der Waals surface area contributed by atoms with Gasteiger partial charge >= 0.3 is 11.9 Å². The first-order valence-corrected chi connectivity index (χ1v) is 8.32. The van der Waals surface area contributed by atoms with Crippen molar-refractivity contribution in [2.75, 3.05) is 18.5 Å². The van der Waals surface area contributed by atoms with Crippen molar-refractivity contribution in [3.63, 3.8) is 0 Å². The van der Waals surface area contributed by atoms with E-state index in [1.807, 2.05) is 6.92 Å². The fourth-order valence-electron chi connectivity index (χ4n) is 1.99. The first-order valence-electron chi connectivity index (χ1n) is 7.50. The predicted octanol–water partition coefficient (Wildman–Crippen LogP) is 2.63. The third kappa shape index (κ3) is 4.44. The van der Waals surface area contributed by atoms with E-state index in [1.54, 1.807) is 20.8 Å². The Labute approximate surface area is 148 Å². The van der Waals surface area contributed by atoms with Gasteiger partial charge in [-0.15, -0.1) is 11.3 Å². The molecule has 0 unspecified atom stereocenters. The van der Waals surface area contributed by atoms with E-state index >= 15 is 0 Å². The van der Waals surface area contributed by atoms with E-state index in [9.17, 15) is 14.4 Å². The van der Waals surface area contributed by atoms with E-state index < -0.39 is 24.5 Å². The summed E-state index contributed by atoms with van der Waals surface area (Å²) >= 11 is 1.26. The van der Waals surface area contributed by atoms with Crippen LogP contribution < -0.4 is 5.32 Å². The van der Waals surface area contributed by atoms with E-state index in [0.717, 1.165) is 10.4 Å². The highest BCUT2D eigenvalue weighted by Gasteiger charge is 2.22. The van der Waals surface area contributed by atoms with Crippen molar-refractivity contribution in [1.29, 1.82) is 0 Å². The van der Waals surface area contributed by atoms with Crippen molar-refractivity contribution in [3.8, 4) is 0 Å². The molecule has 9 heteroatoms. The Balaban J connectivity index is 2.02. The molecule has 8 nitrogen and oxygen atoms in total. The van der Waals surface area contributed by atoms with Crippen LogP contribution in [0.25, 0.3) is 0 Å². The Morgan fingerprint density at radius 3 is 2.52 bits per heavy atom. The molecule has 0 fully saturated rings. The van der Waals surface area contributed by atoms with Gasteiger partial charge in [0.1, 0.15) is 5.00 Å². The lowest BCUT2D eigenvalue weighted by atomic mass is 10.1. The zero-order chi connectivity index (χ0) is 18.6. The summed E-state index contributed by atoms with van der Waals surface area (Å²) < 4.78 is 14.6. The zero-order valence-corrected chi connectivity index (χ0v) is 15.1. The number of ether oxygens (including phenoxy) is 2. The first kappa shape index (κ1) is 18.7. The quantitative estimate of drug-likeness (QED) is 0.783. The number of aryl methyl sites for hydroxylation is 2. The van der Waals surface area contributed by atoms with Crippen LogP contribution in [0.15, 0.2) is 10.6 Å². The number of nitrogens with zero attached hydrogens (tertiary/aromatic N) is 1. The number of amides is 1. The zero-order valence-electron chi connectivity index (χ0n) is 14.3. The van der Waals surface area contributed by atoms with E-state index in [-0.39, 0.29) is 12.4 Å². The number of esters is 2. The van der Waals surface area contributed by atoms with Crippen LogP contribution in [0, 0.1) is 20.8 Å². The van der Waals surface area contributed by atoms with Crippen molar-refractivity contribution in [2.24, 2.45) is 0 Å². The number of thiophene rings is 1. The monoisotopic (exact) mass is 366 g/mol. The van der Waals surface area contributed by atoms with Gasteiger partial charge in [-0.1, -0.05) is 5.16 Å². The number of rotatable bonds is 6. The summed E-state index contributed by atoms with van der Waals surface area (Å²) in [5.74, 6) is -1.95. The van der Waals surface area contributed by atoms with Crippen LogP contribution in [0.5, 0.6) is 0 Å². The maximum absolute atomic E-state index is 12.1. The van der Waals surface area contributed by atoms with E-state index in [1.165, 1.54) is 17.4 Å². The fourth-order valence-corrected chi connectivity index (χ4v) is 3.05. The summed E-state index contributed by atoms with van der Waals surface area (Å²) in [6.07, 6.45) is 0. The Hall–Kier alpha value is -2.68. The average molecular weight is 366 g/mol. The number of carbonyl (C=O) groups is 3. The Kier molecular flexibility index (Phi) is 5.92. The SMILES string of the molecule is CCOC(=O)c1c(NC(=O)COC(=O)c2cc(C)no2)sc(C)c1C. The van der Waals surface area contributed by atoms with Gasteiger partial charge in [-0.2, -0.15) is 0 Å². The standard InChI is InChI=1S/C16H18N2O6S/c1-5-22-16(21)13-9(3)10(4)25-14(13)17-12(19)7-23-15(20)11-6-8(2)18-24-11/h6H,5,7H2,1-4H3,(H,17,19). The lowest BCUT2D eigenvalue weighted by Gasteiger charge is -2.07. The minimum absolute atomic E-state index is 0.0830. The number of carbonyl (C=O) groups excluding carboxylic acids is 3. The van der Waals surface area contributed by atoms with Gasteiger partial charge in [0.25, 0.3) is 5.91 Å². The van der Waals surface area contributed by atoms with Crippen molar-refractivity contribution in [3.05, 3.63) is 33.5 Å². The number of aromatic nitrogens is 1. The molecule has 0 bridgehead atoms. The van der Waals surface area contributed by atoms with E-state index in [4.69, 9.17) is 14.0 Å². The van der Waals surface area contributed by atoms with Gasteiger partial charge < -0.3 is 19.3 Å². The lowest BCUT2D eigenvalue weighted by molar-refractivity contribution is -0.119. The van der Waals surface area contributed by atoms with Crippen LogP contribution >= 0.6 is 11.3 Å². The van der Waals surface area contributed by atoms with E-state index in [2.05, 4.69) is 10.5 Å². The highest BCUT2D eigenvalue weighted by atomic mass is 32.1. The Bertz CT molecular complexity index is 808. The Morgan fingerprint density at radius 2 is 1.92 bits per heavy atom. The van der Waals surface area contributed by atoms with Crippen molar-refractivity contribution in [1.82, 2.24) is 5.16 Å². The number of hydrogen-bond donors (Lipinski definition) is 1. The molecular formula is C16H18N2O6S. The molecule has 0 atom stereocenters. The van der Waals surface area contributed by atoms with Crippen molar-refractivity contribution < 1.29 is 28.4 Å². The van der Waals surface area contributed by atoms with Crippen LogP contribution in [0.2, 0.25) is 0 Å². The van der Waals surface area contributed by atoms with Crippen LogP contribution in [0.4, 0.5) is 5.00 Å². The Morgan fingerprint density at radius 1 is 1.20 bits per heavy atom. The molecule has 0 saturated carbocycles. The van der Waals surface area contributed by atoms with Gasteiger partial charge in [0, 0.05) is 10.9 Å². The molecule has 0 aliphatic rings. The highest BCUT2D eigenvalue weighted by molar-refractivity contribution is 7.16. The molecule has 2 aromatic heterocycles. The number of nitrogens with one attached hydrogen (secondary N) is 1. The molecule has 0 aromatic carbocycles. The molecule has 2 aromatic rings. The van der Waals surface area contributed by atoms with Gasteiger partial charge in [0.15, 0.2) is 6.61 Å². The third-order valence-corrected chi connectivity index (χ3v) is 4.40. The third-order valence-electron chi connectivity index (χ3n) is 3.28. The minimum Gasteiger partial charge on any atom is -0.462 e.